The normalized spacial score (nSPS) is 19.2. The van der Waals surface area contributed by atoms with E-state index >= 15 is 0 Å². The molecule has 0 atom stereocenters. The van der Waals surface area contributed by atoms with Crippen molar-refractivity contribution in [2.45, 2.75) is 65.5 Å². The molecule has 0 bridgehead atoms. The fourth-order valence-electron chi connectivity index (χ4n) is 2.13. The Labute approximate surface area is 112 Å². The lowest BCUT2D eigenvalue weighted by Crippen LogP contribution is -2.47. The molecule has 1 aliphatic carbocycles. The predicted octanol–water partition coefficient (Wildman–Crippen LogP) is 1.87. The van der Waals surface area contributed by atoms with Gasteiger partial charge in [0.05, 0.1) is 5.75 Å². The average Bonchev–Trinajstić information content (AvgIpc) is 2.91. The van der Waals surface area contributed by atoms with Gasteiger partial charge in [-0.25, -0.2) is 13.1 Å². The third-order valence-electron chi connectivity index (χ3n) is 3.68. The highest BCUT2D eigenvalue weighted by atomic mass is 32.2. The van der Waals surface area contributed by atoms with Crippen molar-refractivity contribution in [2.24, 2.45) is 5.41 Å². The van der Waals surface area contributed by atoms with Gasteiger partial charge < -0.3 is 5.32 Å². The van der Waals surface area contributed by atoms with Gasteiger partial charge in [0.15, 0.2) is 0 Å². The van der Waals surface area contributed by atoms with E-state index in [0.717, 1.165) is 19.4 Å². The summed E-state index contributed by atoms with van der Waals surface area (Å²) in [4.78, 5) is 0. The molecule has 0 saturated heterocycles. The Balaban J connectivity index is 2.42. The number of hydrogen-bond acceptors (Lipinski definition) is 3. The molecule has 0 aromatic rings. The summed E-state index contributed by atoms with van der Waals surface area (Å²) in [6.07, 6.45) is 2.58. The summed E-state index contributed by atoms with van der Waals surface area (Å²) in [5.41, 5.74) is -0.201. The zero-order valence-corrected chi connectivity index (χ0v) is 13.2. The number of sulfonamides is 1. The van der Waals surface area contributed by atoms with Crippen LogP contribution in [-0.2, 0) is 10.0 Å². The summed E-state index contributed by atoms with van der Waals surface area (Å²) in [6.45, 7) is 11.2. The molecule has 1 saturated carbocycles. The van der Waals surface area contributed by atoms with Gasteiger partial charge in [-0.15, -0.1) is 0 Å². The first kappa shape index (κ1) is 15.9. The maximum atomic E-state index is 12.0. The van der Waals surface area contributed by atoms with Gasteiger partial charge in [-0.3, -0.25) is 0 Å². The lowest BCUT2D eigenvalue weighted by molar-refractivity contribution is 0.278. The van der Waals surface area contributed by atoms with E-state index in [1.807, 2.05) is 0 Å². The van der Waals surface area contributed by atoms with E-state index in [1.54, 1.807) is 0 Å². The second-order valence-corrected chi connectivity index (χ2v) is 8.56. The fraction of sp³-hybridized carbons (Fsp3) is 1.00. The van der Waals surface area contributed by atoms with Gasteiger partial charge in [-0.05, 0) is 31.2 Å². The molecule has 2 N–H and O–H groups in total. The van der Waals surface area contributed by atoms with Crippen molar-refractivity contribution in [2.75, 3.05) is 12.3 Å². The van der Waals surface area contributed by atoms with Crippen molar-refractivity contribution >= 4 is 10.0 Å². The minimum Gasteiger partial charge on any atom is -0.314 e. The molecule has 4 nitrogen and oxygen atoms in total. The van der Waals surface area contributed by atoms with E-state index in [1.165, 1.54) is 0 Å². The molecule has 0 spiro atoms. The molecule has 1 rings (SSSR count). The third kappa shape index (κ3) is 4.52. The van der Waals surface area contributed by atoms with Gasteiger partial charge in [0, 0.05) is 11.6 Å². The molecule has 1 fully saturated rings. The van der Waals surface area contributed by atoms with Crippen molar-refractivity contribution in [3.63, 3.8) is 0 Å². The Kier molecular flexibility index (Phi) is 4.84. The number of nitrogens with one attached hydrogen (secondary N) is 2. The maximum Gasteiger partial charge on any atom is 0.212 e. The van der Waals surface area contributed by atoms with Crippen LogP contribution in [0.5, 0.6) is 0 Å². The summed E-state index contributed by atoms with van der Waals surface area (Å²) >= 11 is 0. The summed E-state index contributed by atoms with van der Waals surface area (Å²) in [5, 5.41) is 3.23. The van der Waals surface area contributed by atoms with E-state index in [9.17, 15) is 8.42 Å². The highest BCUT2D eigenvalue weighted by Gasteiger charge is 2.53. The molecule has 0 amide bonds. The molecular formula is C13H28N2O2S. The SMILES string of the molecule is CC(C)NCCCS(=O)(=O)NC1(C(C)(C)C)CC1. The zero-order chi connectivity index (χ0) is 14.0. The predicted molar refractivity (Wildman–Crippen MR) is 76.1 cm³/mol. The Morgan fingerprint density at radius 2 is 1.78 bits per heavy atom. The van der Waals surface area contributed by atoms with Gasteiger partial charge in [0.2, 0.25) is 10.0 Å². The molecule has 0 aromatic carbocycles. The molecule has 1 aliphatic rings. The second-order valence-electron chi connectivity index (χ2n) is 6.72. The maximum absolute atomic E-state index is 12.0. The van der Waals surface area contributed by atoms with Crippen molar-refractivity contribution < 1.29 is 8.42 Å². The van der Waals surface area contributed by atoms with Gasteiger partial charge in [-0.1, -0.05) is 34.6 Å². The van der Waals surface area contributed by atoms with Gasteiger partial charge in [-0.2, -0.15) is 0 Å². The van der Waals surface area contributed by atoms with Crippen LogP contribution in [0.2, 0.25) is 0 Å². The minimum absolute atomic E-state index is 0.00372. The van der Waals surface area contributed by atoms with Crippen molar-refractivity contribution in [1.29, 1.82) is 0 Å². The molecule has 0 aromatic heterocycles. The average molecular weight is 276 g/mol. The standard InChI is InChI=1S/C13H28N2O2S/c1-11(2)14-9-6-10-18(16,17)15-13(7-8-13)12(3,4)5/h11,14-15H,6-10H2,1-5H3. The molecule has 0 unspecified atom stereocenters. The van der Waals surface area contributed by atoms with E-state index < -0.39 is 10.0 Å². The monoisotopic (exact) mass is 276 g/mol. The highest BCUT2D eigenvalue weighted by Crippen LogP contribution is 2.50. The van der Waals surface area contributed by atoms with Crippen LogP contribution in [0.15, 0.2) is 0 Å². The van der Waals surface area contributed by atoms with Crippen LogP contribution < -0.4 is 10.0 Å². The Hall–Kier alpha value is -0.130. The summed E-state index contributed by atoms with van der Waals surface area (Å²) in [6, 6.07) is 0.407. The molecular weight excluding hydrogens is 248 g/mol. The van der Waals surface area contributed by atoms with Crippen molar-refractivity contribution in [3.05, 3.63) is 0 Å². The summed E-state index contributed by atoms with van der Waals surface area (Å²) in [5.74, 6) is 0.213. The molecule has 5 heteroatoms. The topological polar surface area (TPSA) is 58.2 Å². The molecule has 0 radical (unpaired) electrons. The van der Waals surface area contributed by atoms with Crippen LogP contribution in [0.1, 0.15) is 53.9 Å². The van der Waals surface area contributed by atoms with Gasteiger partial charge >= 0.3 is 0 Å². The van der Waals surface area contributed by atoms with Crippen molar-refractivity contribution in [3.8, 4) is 0 Å². The lowest BCUT2D eigenvalue weighted by Gasteiger charge is -2.31. The van der Waals surface area contributed by atoms with E-state index in [4.69, 9.17) is 0 Å². The smallest absolute Gasteiger partial charge is 0.212 e. The number of rotatable bonds is 7. The second kappa shape index (κ2) is 5.47. The summed E-state index contributed by atoms with van der Waals surface area (Å²) in [7, 11) is -3.15. The first-order valence-electron chi connectivity index (χ1n) is 6.83. The Morgan fingerprint density at radius 1 is 1.22 bits per heavy atom. The van der Waals surface area contributed by atoms with Crippen LogP contribution >= 0.6 is 0 Å². The van der Waals surface area contributed by atoms with Gasteiger partial charge in [0.1, 0.15) is 0 Å². The molecule has 0 heterocycles. The molecule has 0 aliphatic heterocycles. The van der Waals surface area contributed by atoms with Crippen LogP contribution in [0.3, 0.4) is 0 Å². The third-order valence-corrected chi connectivity index (χ3v) is 5.21. The lowest BCUT2D eigenvalue weighted by atomic mass is 9.85. The van der Waals surface area contributed by atoms with Crippen LogP contribution in [0.25, 0.3) is 0 Å². The van der Waals surface area contributed by atoms with E-state index in [-0.39, 0.29) is 16.7 Å². The first-order chi connectivity index (χ1) is 8.08. The molecule has 108 valence electrons. The Morgan fingerprint density at radius 3 is 2.17 bits per heavy atom. The fourth-order valence-corrected chi connectivity index (χ4v) is 3.86. The van der Waals surface area contributed by atoms with Crippen LogP contribution in [0.4, 0.5) is 0 Å². The van der Waals surface area contributed by atoms with Gasteiger partial charge in [0.25, 0.3) is 0 Å². The Bertz CT molecular complexity index is 365. The van der Waals surface area contributed by atoms with Crippen LogP contribution in [0, 0.1) is 5.41 Å². The van der Waals surface area contributed by atoms with E-state index in [0.29, 0.717) is 12.5 Å². The molecule has 18 heavy (non-hydrogen) atoms. The summed E-state index contributed by atoms with van der Waals surface area (Å²) < 4.78 is 27.0. The number of hydrogen-bond donors (Lipinski definition) is 2. The first-order valence-corrected chi connectivity index (χ1v) is 8.48. The zero-order valence-electron chi connectivity index (χ0n) is 12.3. The minimum atomic E-state index is -3.15. The highest BCUT2D eigenvalue weighted by molar-refractivity contribution is 7.89. The van der Waals surface area contributed by atoms with Crippen LogP contribution in [-0.4, -0.2) is 32.3 Å². The quantitative estimate of drug-likeness (QED) is 0.698. The largest absolute Gasteiger partial charge is 0.314 e. The van der Waals surface area contributed by atoms with Crippen molar-refractivity contribution in [1.82, 2.24) is 10.0 Å². The van der Waals surface area contributed by atoms with E-state index in [2.05, 4.69) is 44.7 Å².